The van der Waals surface area contributed by atoms with Crippen molar-refractivity contribution in [2.75, 3.05) is 0 Å². The lowest BCUT2D eigenvalue weighted by molar-refractivity contribution is -0.139. The van der Waals surface area contributed by atoms with Crippen molar-refractivity contribution in [1.29, 1.82) is 0 Å². The molecule has 0 radical (unpaired) electrons. The number of para-hydroxylation sites is 2. The van der Waals surface area contributed by atoms with Gasteiger partial charge in [0.25, 0.3) is 0 Å². The van der Waals surface area contributed by atoms with E-state index in [9.17, 15) is 30.0 Å². The molecule has 0 aliphatic rings. The normalized spacial score (nSPS) is 12.9. The number of phenolic OH excluding ortho intramolecular Hbond substituents is 2. The van der Waals surface area contributed by atoms with Gasteiger partial charge in [0.1, 0.15) is 11.5 Å². The van der Waals surface area contributed by atoms with Crippen LogP contribution in [0, 0.1) is 0 Å². The van der Waals surface area contributed by atoms with Crippen molar-refractivity contribution in [1.82, 2.24) is 0 Å². The van der Waals surface area contributed by atoms with Crippen LogP contribution in [0.15, 0.2) is 107 Å². The van der Waals surface area contributed by atoms with Crippen LogP contribution < -0.4 is 0 Å². The van der Waals surface area contributed by atoms with E-state index in [1.807, 2.05) is 60.7 Å². The third-order valence-corrected chi connectivity index (χ3v) is 6.33. The Morgan fingerprint density at radius 1 is 0.575 bits per heavy atom. The molecule has 0 aromatic heterocycles. The largest absolute Gasteiger partial charge is 0.507 e. The second-order valence-electron chi connectivity index (χ2n) is 9.13. The van der Waals surface area contributed by atoms with Crippen LogP contribution in [0.5, 0.6) is 11.5 Å². The number of aromatic hydroxyl groups is 2. The number of rotatable bonds is 11. The van der Waals surface area contributed by atoms with Gasteiger partial charge in [0.2, 0.25) is 0 Å². The highest BCUT2D eigenvalue weighted by Crippen LogP contribution is 2.38. The molecule has 0 spiro atoms. The molecule has 0 fully saturated rings. The Labute approximate surface area is 231 Å². The summed E-state index contributed by atoms with van der Waals surface area (Å²) in [5.74, 6) is -2.56. The molecule has 0 aliphatic heterocycles. The Hall–Kier alpha value is -5.24. The molecule has 2 atom stereocenters. The highest BCUT2D eigenvalue weighted by atomic mass is 16.4. The van der Waals surface area contributed by atoms with E-state index < -0.39 is 24.0 Å². The highest BCUT2D eigenvalue weighted by Gasteiger charge is 2.19. The molecule has 0 unspecified atom stereocenters. The standard InChI is InChI=1S/C32H28N2O6/c35-29-23(19-33-27(31(37)38)17-21-9-3-1-4-10-21)13-7-15-25(29)26-16-8-14-24(30(26)36)20-34-28(32(39)40)18-22-11-5-2-6-12-22/h1-16,19-20,27-28,35-36H,17-18H2,(H,37,38)(H,39,40)/t27-,28-/m0/s1. The van der Waals surface area contributed by atoms with Crippen LogP contribution in [0.1, 0.15) is 22.3 Å². The number of carboxylic acids is 2. The van der Waals surface area contributed by atoms with E-state index in [2.05, 4.69) is 9.98 Å². The minimum atomic E-state index is -1.09. The van der Waals surface area contributed by atoms with Gasteiger partial charge in [0.15, 0.2) is 12.1 Å². The van der Waals surface area contributed by atoms with Crippen molar-refractivity contribution < 1.29 is 30.0 Å². The maximum atomic E-state index is 11.8. The highest BCUT2D eigenvalue weighted by molar-refractivity contribution is 5.94. The molecule has 4 N–H and O–H groups in total. The van der Waals surface area contributed by atoms with Crippen LogP contribution in [-0.4, -0.2) is 56.9 Å². The smallest absolute Gasteiger partial charge is 0.328 e. The van der Waals surface area contributed by atoms with Gasteiger partial charge in [-0.2, -0.15) is 0 Å². The fourth-order valence-corrected chi connectivity index (χ4v) is 4.19. The minimum absolute atomic E-state index is 0.188. The summed E-state index contributed by atoms with van der Waals surface area (Å²) in [4.78, 5) is 32.0. The zero-order chi connectivity index (χ0) is 28.5. The fourth-order valence-electron chi connectivity index (χ4n) is 4.19. The van der Waals surface area contributed by atoms with Crippen LogP contribution in [0.3, 0.4) is 0 Å². The summed E-state index contributed by atoms with van der Waals surface area (Å²) in [5.41, 5.74) is 2.80. The van der Waals surface area contributed by atoms with Crippen molar-refractivity contribution in [3.8, 4) is 22.6 Å². The summed E-state index contributed by atoms with van der Waals surface area (Å²) in [6.45, 7) is 0. The number of aliphatic imine (C=N–C) groups is 2. The summed E-state index contributed by atoms with van der Waals surface area (Å²) in [7, 11) is 0. The zero-order valence-electron chi connectivity index (χ0n) is 21.5. The number of carboxylic acid groups (broad SMARTS) is 2. The summed E-state index contributed by atoms with van der Waals surface area (Å²) in [5, 5.41) is 41.2. The fraction of sp³-hybridized carbons (Fsp3) is 0.125. The van der Waals surface area contributed by atoms with Crippen molar-refractivity contribution in [3.05, 3.63) is 119 Å². The monoisotopic (exact) mass is 536 g/mol. The molecule has 0 amide bonds. The molecular weight excluding hydrogens is 508 g/mol. The van der Waals surface area contributed by atoms with Gasteiger partial charge in [-0.25, -0.2) is 9.59 Å². The average molecular weight is 537 g/mol. The second kappa shape index (κ2) is 13.0. The van der Waals surface area contributed by atoms with Crippen LogP contribution in [0.2, 0.25) is 0 Å². The third kappa shape index (κ3) is 6.99. The Morgan fingerprint density at radius 3 is 1.30 bits per heavy atom. The molecule has 0 bridgehead atoms. The predicted octanol–water partition coefficient (Wildman–Crippen LogP) is 4.99. The van der Waals surface area contributed by atoms with Crippen LogP contribution >= 0.6 is 0 Å². The number of hydrogen-bond donors (Lipinski definition) is 4. The lowest BCUT2D eigenvalue weighted by Gasteiger charge is -2.12. The number of nitrogens with zero attached hydrogens (tertiary/aromatic N) is 2. The first-order chi connectivity index (χ1) is 19.3. The lowest BCUT2D eigenvalue weighted by Crippen LogP contribution is -2.21. The molecule has 202 valence electrons. The van der Waals surface area contributed by atoms with Crippen molar-refractivity contribution in [3.63, 3.8) is 0 Å². The molecule has 0 saturated heterocycles. The molecular formula is C32H28N2O6. The number of aliphatic carboxylic acids is 2. The van der Waals surface area contributed by atoms with Crippen molar-refractivity contribution in [2.24, 2.45) is 9.98 Å². The van der Waals surface area contributed by atoms with Gasteiger partial charge in [-0.05, 0) is 23.3 Å². The maximum absolute atomic E-state index is 11.8. The average Bonchev–Trinajstić information content (AvgIpc) is 2.95. The Morgan fingerprint density at radius 2 is 0.950 bits per heavy atom. The zero-order valence-corrected chi connectivity index (χ0v) is 21.5. The van der Waals surface area contributed by atoms with E-state index in [-0.39, 0.29) is 35.5 Å². The first-order valence-corrected chi connectivity index (χ1v) is 12.6. The number of carbonyl (C=O) groups is 2. The van der Waals surface area contributed by atoms with Gasteiger partial charge in [0, 0.05) is 47.5 Å². The van der Waals surface area contributed by atoms with E-state index in [4.69, 9.17) is 0 Å². The van der Waals surface area contributed by atoms with Crippen LogP contribution in [-0.2, 0) is 22.4 Å². The van der Waals surface area contributed by atoms with Gasteiger partial charge in [-0.3, -0.25) is 9.98 Å². The van der Waals surface area contributed by atoms with Gasteiger partial charge in [0.05, 0.1) is 0 Å². The van der Waals surface area contributed by atoms with Crippen LogP contribution in [0.4, 0.5) is 0 Å². The van der Waals surface area contributed by atoms with Gasteiger partial charge in [-0.1, -0.05) is 84.9 Å². The Balaban J connectivity index is 1.59. The molecule has 0 aliphatic carbocycles. The molecule has 8 heteroatoms. The third-order valence-electron chi connectivity index (χ3n) is 6.33. The summed E-state index contributed by atoms with van der Waals surface area (Å²) in [6.07, 6.45) is 3.00. The van der Waals surface area contributed by atoms with Gasteiger partial charge < -0.3 is 20.4 Å². The molecule has 4 rings (SSSR count). The topological polar surface area (TPSA) is 140 Å². The molecule has 4 aromatic rings. The van der Waals surface area contributed by atoms with E-state index in [1.165, 1.54) is 12.4 Å². The molecule has 40 heavy (non-hydrogen) atoms. The van der Waals surface area contributed by atoms with E-state index in [1.54, 1.807) is 36.4 Å². The van der Waals surface area contributed by atoms with Gasteiger partial charge >= 0.3 is 11.9 Å². The summed E-state index contributed by atoms with van der Waals surface area (Å²) >= 11 is 0. The van der Waals surface area contributed by atoms with E-state index in [0.29, 0.717) is 11.1 Å². The lowest BCUT2D eigenvalue weighted by atomic mass is 9.98. The quantitative estimate of drug-likeness (QED) is 0.199. The van der Waals surface area contributed by atoms with Crippen molar-refractivity contribution >= 4 is 24.4 Å². The molecule has 0 saturated carbocycles. The number of phenols is 2. The van der Waals surface area contributed by atoms with Crippen molar-refractivity contribution in [2.45, 2.75) is 24.9 Å². The number of hydrogen-bond acceptors (Lipinski definition) is 6. The predicted molar refractivity (Wildman–Crippen MR) is 154 cm³/mol. The first-order valence-electron chi connectivity index (χ1n) is 12.6. The van der Waals surface area contributed by atoms with E-state index >= 15 is 0 Å². The van der Waals surface area contributed by atoms with Gasteiger partial charge in [-0.15, -0.1) is 0 Å². The molecule has 4 aromatic carbocycles. The summed E-state index contributed by atoms with van der Waals surface area (Å²) in [6, 6.07) is 25.9. The Kier molecular flexibility index (Phi) is 9.04. The summed E-state index contributed by atoms with van der Waals surface area (Å²) < 4.78 is 0. The maximum Gasteiger partial charge on any atom is 0.328 e. The second-order valence-corrected chi connectivity index (χ2v) is 9.13. The first kappa shape index (κ1) is 27.8. The van der Waals surface area contributed by atoms with Crippen LogP contribution in [0.25, 0.3) is 11.1 Å². The Bertz CT molecular complexity index is 1420. The number of benzene rings is 4. The van der Waals surface area contributed by atoms with E-state index in [0.717, 1.165) is 11.1 Å². The molecule has 0 heterocycles. The minimum Gasteiger partial charge on any atom is -0.507 e. The molecule has 8 nitrogen and oxygen atoms in total. The SMILES string of the molecule is O=C(O)[C@H](Cc1ccccc1)N=Cc1cccc(-c2cccc(C=N[C@@H](Cc3ccccc3)C(=O)O)c2O)c1O.